The number of hydrogen-bond donors (Lipinski definition) is 0. The minimum absolute atomic E-state index is 0. The summed E-state index contributed by atoms with van der Waals surface area (Å²) in [6, 6.07) is 4.87. The van der Waals surface area contributed by atoms with E-state index in [-0.39, 0.29) is 22.8 Å². The molecule has 5 heteroatoms. The lowest BCUT2D eigenvalue weighted by Crippen LogP contribution is -3.00. The number of hydrogen-bond acceptors (Lipinski definition) is 0. The standard InChI is InChI=1S/C16H19ClFN2.BrH/c1-2-8-19-9-10-20(16(19)12-6-7-12)11-13-14(17)4-3-5-15(13)18;/h3-5,9-10,12H,2,6-8,11H2,1H3;1H/q+1;/p-1. The second-order valence-electron chi connectivity index (χ2n) is 5.45. The Morgan fingerprint density at radius 2 is 2.14 bits per heavy atom. The predicted octanol–water partition coefficient (Wildman–Crippen LogP) is 0.908. The Bertz CT molecular complexity index is 602. The van der Waals surface area contributed by atoms with Gasteiger partial charge in [-0.3, -0.25) is 0 Å². The van der Waals surface area contributed by atoms with Crippen LogP contribution in [0.15, 0.2) is 30.6 Å². The molecule has 2 nitrogen and oxygen atoms in total. The molecule has 0 aliphatic heterocycles. The Balaban J connectivity index is 0.00000161. The van der Waals surface area contributed by atoms with Crippen LogP contribution in [-0.2, 0) is 13.1 Å². The van der Waals surface area contributed by atoms with Crippen LogP contribution in [0.2, 0.25) is 5.02 Å². The number of aromatic nitrogens is 2. The van der Waals surface area contributed by atoms with Crippen molar-refractivity contribution in [2.24, 2.45) is 0 Å². The van der Waals surface area contributed by atoms with Gasteiger partial charge < -0.3 is 17.0 Å². The topological polar surface area (TPSA) is 8.81 Å². The van der Waals surface area contributed by atoms with Crippen molar-refractivity contribution in [1.29, 1.82) is 0 Å². The molecule has 1 aromatic heterocycles. The number of halogens is 3. The highest BCUT2D eigenvalue weighted by Gasteiger charge is 2.35. The molecule has 3 rings (SSSR count). The summed E-state index contributed by atoms with van der Waals surface area (Å²) in [5.41, 5.74) is 0.579. The number of benzene rings is 1. The van der Waals surface area contributed by atoms with E-state index >= 15 is 0 Å². The molecule has 0 N–H and O–H groups in total. The average Bonchev–Trinajstić information content (AvgIpc) is 3.18. The van der Waals surface area contributed by atoms with Crippen LogP contribution in [0, 0.1) is 5.82 Å². The number of nitrogens with zero attached hydrogens (tertiary/aromatic N) is 2. The SMILES string of the molecule is CCCn1cc[n+](Cc2c(F)cccc2Cl)c1C1CC1.[Br-]. The lowest BCUT2D eigenvalue weighted by atomic mass is 10.2. The highest BCUT2D eigenvalue weighted by Crippen LogP contribution is 2.38. The highest BCUT2D eigenvalue weighted by molar-refractivity contribution is 6.31. The van der Waals surface area contributed by atoms with Crippen LogP contribution in [0.1, 0.15) is 43.5 Å². The number of imidazole rings is 1. The van der Waals surface area contributed by atoms with Gasteiger partial charge in [0, 0.05) is 5.56 Å². The van der Waals surface area contributed by atoms with Gasteiger partial charge in [0.05, 0.1) is 17.5 Å². The first-order valence-corrected chi connectivity index (χ1v) is 7.60. The lowest BCUT2D eigenvalue weighted by molar-refractivity contribution is -0.695. The third-order valence-electron chi connectivity index (χ3n) is 3.81. The zero-order valence-electron chi connectivity index (χ0n) is 12.0. The summed E-state index contributed by atoms with van der Waals surface area (Å²) in [6.07, 6.45) is 7.73. The minimum Gasteiger partial charge on any atom is -1.00 e. The molecule has 0 unspecified atom stereocenters. The van der Waals surface area contributed by atoms with Gasteiger partial charge in [0.25, 0.3) is 5.82 Å². The molecule has 0 amide bonds. The Labute approximate surface area is 140 Å². The summed E-state index contributed by atoms with van der Waals surface area (Å²) in [5, 5.41) is 0.502. The number of rotatable bonds is 5. The second kappa shape index (κ2) is 6.93. The average molecular weight is 374 g/mol. The first-order valence-electron chi connectivity index (χ1n) is 7.22. The highest BCUT2D eigenvalue weighted by atomic mass is 79.9. The van der Waals surface area contributed by atoms with E-state index in [4.69, 9.17) is 11.6 Å². The summed E-state index contributed by atoms with van der Waals surface area (Å²) in [5.74, 6) is 1.71. The zero-order valence-corrected chi connectivity index (χ0v) is 14.4. The van der Waals surface area contributed by atoms with Crippen molar-refractivity contribution in [3.05, 3.63) is 52.8 Å². The fourth-order valence-corrected chi connectivity index (χ4v) is 2.93. The van der Waals surface area contributed by atoms with Gasteiger partial charge in [-0.1, -0.05) is 24.6 Å². The quantitative estimate of drug-likeness (QED) is 0.689. The molecule has 0 saturated heterocycles. The van der Waals surface area contributed by atoms with Gasteiger partial charge in [0.2, 0.25) is 0 Å². The smallest absolute Gasteiger partial charge is 0.259 e. The van der Waals surface area contributed by atoms with Crippen molar-refractivity contribution in [2.45, 2.75) is 45.2 Å². The van der Waals surface area contributed by atoms with E-state index in [9.17, 15) is 4.39 Å². The third kappa shape index (κ3) is 3.49. The Kier molecular flexibility index (Phi) is 5.44. The maximum atomic E-state index is 13.9. The van der Waals surface area contributed by atoms with Gasteiger partial charge in [0.1, 0.15) is 24.8 Å². The fourth-order valence-electron chi connectivity index (χ4n) is 2.71. The molecule has 1 aliphatic carbocycles. The molecule has 0 atom stereocenters. The minimum atomic E-state index is -0.227. The molecule has 0 radical (unpaired) electrons. The largest absolute Gasteiger partial charge is 1.00 e. The molecule has 114 valence electrons. The first kappa shape index (κ1) is 16.5. The van der Waals surface area contributed by atoms with Gasteiger partial charge >= 0.3 is 0 Å². The summed E-state index contributed by atoms with van der Waals surface area (Å²) < 4.78 is 18.4. The van der Waals surface area contributed by atoms with E-state index in [0.29, 0.717) is 23.0 Å². The predicted molar refractivity (Wildman–Crippen MR) is 77.4 cm³/mol. The summed E-state index contributed by atoms with van der Waals surface area (Å²) in [6.45, 7) is 3.70. The van der Waals surface area contributed by atoms with Crippen molar-refractivity contribution >= 4 is 11.6 Å². The van der Waals surface area contributed by atoms with E-state index in [2.05, 4.69) is 22.3 Å². The van der Waals surface area contributed by atoms with Crippen molar-refractivity contribution in [1.82, 2.24) is 4.57 Å². The summed E-state index contributed by atoms with van der Waals surface area (Å²) in [4.78, 5) is 0. The fraction of sp³-hybridized carbons (Fsp3) is 0.438. The van der Waals surface area contributed by atoms with E-state index in [1.165, 1.54) is 24.7 Å². The van der Waals surface area contributed by atoms with Gasteiger partial charge in [-0.05, 0) is 31.4 Å². The maximum Gasteiger partial charge on any atom is 0.259 e. The Morgan fingerprint density at radius 1 is 1.38 bits per heavy atom. The Hall–Kier alpha value is -0.870. The third-order valence-corrected chi connectivity index (χ3v) is 4.17. The van der Waals surface area contributed by atoms with E-state index in [0.717, 1.165) is 13.0 Å². The molecule has 1 aromatic carbocycles. The van der Waals surface area contributed by atoms with Crippen molar-refractivity contribution in [3.63, 3.8) is 0 Å². The number of aryl methyl sites for hydroxylation is 1. The van der Waals surface area contributed by atoms with Crippen molar-refractivity contribution in [3.8, 4) is 0 Å². The molecule has 0 spiro atoms. The van der Waals surface area contributed by atoms with Crippen LogP contribution < -0.4 is 21.5 Å². The van der Waals surface area contributed by atoms with Gasteiger partial charge in [0.15, 0.2) is 0 Å². The maximum absolute atomic E-state index is 13.9. The normalized spacial score (nSPS) is 14.0. The summed E-state index contributed by atoms with van der Waals surface area (Å²) >= 11 is 6.13. The van der Waals surface area contributed by atoms with E-state index in [1.807, 2.05) is 6.20 Å². The van der Waals surface area contributed by atoms with Gasteiger partial charge in [-0.2, -0.15) is 0 Å². The molecule has 1 fully saturated rings. The van der Waals surface area contributed by atoms with Crippen LogP contribution in [0.4, 0.5) is 4.39 Å². The monoisotopic (exact) mass is 372 g/mol. The first-order chi connectivity index (χ1) is 9.70. The molecule has 2 aromatic rings. The van der Waals surface area contributed by atoms with E-state index < -0.39 is 0 Å². The van der Waals surface area contributed by atoms with Crippen LogP contribution in [0.25, 0.3) is 0 Å². The summed E-state index contributed by atoms with van der Waals surface area (Å²) in [7, 11) is 0. The Morgan fingerprint density at radius 3 is 2.76 bits per heavy atom. The molecule has 1 aliphatic rings. The van der Waals surface area contributed by atoms with E-state index in [1.54, 1.807) is 12.1 Å². The van der Waals surface area contributed by atoms with Gasteiger partial charge in [-0.15, -0.1) is 0 Å². The van der Waals surface area contributed by atoms with Crippen LogP contribution >= 0.6 is 11.6 Å². The molecular formula is C16H19BrClFN2. The van der Waals surface area contributed by atoms with Crippen LogP contribution in [0.5, 0.6) is 0 Å². The van der Waals surface area contributed by atoms with Crippen LogP contribution in [0.3, 0.4) is 0 Å². The zero-order chi connectivity index (χ0) is 14.1. The van der Waals surface area contributed by atoms with Gasteiger partial charge in [-0.25, -0.2) is 13.5 Å². The van der Waals surface area contributed by atoms with Crippen molar-refractivity contribution < 1.29 is 25.9 Å². The molecule has 21 heavy (non-hydrogen) atoms. The molecule has 0 bridgehead atoms. The molecule has 1 heterocycles. The van der Waals surface area contributed by atoms with Crippen LogP contribution in [-0.4, -0.2) is 4.57 Å². The molecule has 1 saturated carbocycles. The lowest BCUT2D eigenvalue weighted by Gasteiger charge is -2.06. The van der Waals surface area contributed by atoms with Crippen molar-refractivity contribution in [2.75, 3.05) is 0 Å². The molecular weight excluding hydrogens is 355 g/mol. The second-order valence-corrected chi connectivity index (χ2v) is 5.86.